The van der Waals surface area contributed by atoms with Gasteiger partial charge in [0, 0.05) is 5.70 Å². The fourth-order valence-electron chi connectivity index (χ4n) is 2.34. The molecule has 5 nitrogen and oxygen atoms in total. The van der Waals surface area contributed by atoms with Gasteiger partial charge in [0.2, 0.25) is 0 Å². The fraction of sp³-hybridized carbons (Fsp3) is 0.333. The van der Waals surface area contributed by atoms with Crippen LogP contribution < -0.4 is 10.6 Å². The van der Waals surface area contributed by atoms with Gasteiger partial charge in [0.05, 0.1) is 18.2 Å². The lowest BCUT2D eigenvalue weighted by atomic mass is 9.92. The number of carbonyl (C=O) groups excluding carboxylic acids is 2. The third kappa shape index (κ3) is 2.89. The van der Waals surface area contributed by atoms with Gasteiger partial charge >= 0.3 is 12.0 Å². The van der Waals surface area contributed by atoms with Crippen molar-refractivity contribution in [3.8, 4) is 0 Å². The molecule has 0 saturated heterocycles. The minimum absolute atomic E-state index is 0.221. The molecule has 1 aliphatic rings. The molecule has 1 atom stereocenters. The molecule has 0 bridgehead atoms. The SMILES string of the molecule is CCOC(=O)C1=C(C)NC(=O)N[C@H]1c1cccc(F)c1C. The number of rotatable bonds is 3. The van der Waals surface area contributed by atoms with Crippen LogP contribution in [0.4, 0.5) is 9.18 Å². The monoisotopic (exact) mass is 292 g/mol. The van der Waals surface area contributed by atoms with Crippen molar-refractivity contribution in [3.05, 3.63) is 46.4 Å². The van der Waals surface area contributed by atoms with Gasteiger partial charge < -0.3 is 15.4 Å². The first kappa shape index (κ1) is 15.0. The van der Waals surface area contributed by atoms with Gasteiger partial charge in [-0.15, -0.1) is 0 Å². The smallest absolute Gasteiger partial charge is 0.338 e. The zero-order valence-electron chi connectivity index (χ0n) is 12.1. The molecule has 1 aromatic rings. The average molecular weight is 292 g/mol. The first-order valence-electron chi connectivity index (χ1n) is 6.66. The maximum absolute atomic E-state index is 13.7. The molecule has 0 aliphatic carbocycles. The van der Waals surface area contributed by atoms with Gasteiger partial charge in [0.25, 0.3) is 0 Å². The number of benzene rings is 1. The van der Waals surface area contributed by atoms with Crippen molar-refractivity contribution < 1.29 is 18.7 Å². The molecule has 0 saturated carbocycles. The Morgan fingerprint density at radius 3 is 2.76 bits per heavy atom. The summed E-state index contributed by atoms with van der Waals surface area (Å²) in [5, 5.41) is 5.18. The van der Waals surface area contributed by atoms with Crippen molar-refractivity contribution in [3.63, 3.8) is 0 Å². The lowest BCUT2D eigenvalue weighted by molar-refractivity contribution is -0.139. The number of hydrogen-bond donors (Lipinski definition) is 2. The molecular formula is C15H17FN2O3. The molecule has 2 rings (SSSR count). The number of ether oxygens (including phenoxy) is 1. The van der Waals surface area contributed by atoms with Gasteiger partial charge in [-0.1, -0.05) is 12.1 Å². The Balaban J connectivity index is 2.52. The number of allylic oxidation sites excluding steroid dienone is 1. The normalized spacial score (nSPS) is 18.1. The van der Waals surface area contributed by atoms with Crippen molar-refractivity contribution in [2.45, 2.75) is 26.8 Å². The lowest BCUT2D eigenvalue weighted by Crippen LogP contribution is -2.45. The topological polar surface area (TPSA) is 67.4 Å². The van der Waals surface area contributed by atoms with E-state index in [0.717, 1.165) is 0 Å². The van der Waals surface area contributed by atoms with Crippen LogP contribution in [0.1, 0.15) is 31.0 Å². The lowest BCUT2D eigenvalue weighted by Gasteiger charge is -2.29. The third-order valence-corrected chi connectivity index (χ3v) is 3.39. The second-order valence-corrected chi connectivity index (χ2v) is 4.74. The van der Waals surface area contributed by atoms with E-state index in [2.05, 4.69) is 10.6 Å². The molecular weight excluding hydrogens is 275 g/mol. The summed E-state index contributed by atoms with van der Waals surface area (Å²) in [7, 11) is 0. The predicted molar refractivity (Wildman–Crippen MR) is 74.9 cm³/mol. The summed E-state index contributed by atoms with van der Waals surface area (Å²) in [6, 6.07) is 3.40. The van der Waals surface area contributed by atoms with E-state index >= 15 is 0 Å². The fourth-order valence-corrected chi connectivity index (χ4v) is 2.34. The summed E-state index contributed by atoms with van der Waals surface area (Å²) in [4.78, 5) is 23.8. The van der Waals surface area contributed by atoms with Gasteiger partial charge in [0.1, 0.15) is 5.82 Å². The number of hydrogen-bond acceptors (Lipinski definition) is 3. The van der Waals surface area contributed by atoms with E-state index in [1.165, 1.54) is 6.07 Å². The molecule has 1 aliphatic heterocycles. The molecule has 1 aromatic carbocycles. The second-order valence-electron chi connectivity index (χ2n) is 4.74. The number of urea groups is 1. The average Bonchev–Trinajstić information content (AvgIpc) is 2.41. The summed E-state index contributed by atoms with van der Waals surface area (Å²) >= 11 is 0. The van der Waals surface area contributed by atoms with Crippen molar-refractivity contribution >= 4 is 12.0 Å². The van der Waals surface area contributed by atoms with Crippen LogP contribution in [0.15, 0.2) is 29.5 Å². The highest BCUT2D eigenvalue weighted by Crippen LogP contribution is 2.30. The highest BCUT2D eigenvalue weighted by molar-refractivity contribution is 5.95. The minimum Gasteiger partial charge on any atom is -0.463 e. The van der Waals surface area contributed by atoms with E-state index in [9.17, 15) is 14.0 Å². The molecule has 0 spiro atoms. The Hall–Kier alpha value is -2.37. The second kappa shape index (κ2) is 5.95. The number of halogens is 1. The number of nitrogens with one attached hydrogen (secondary N) is 2. The Morgan fingerprint density at radius 2 is 2.10 bits per heavy atom. The van der Waals surface area contributed by atoms with Crippen LogP contribution in [0.2, 0.25) is 0 Å². The van der Waals surface area contributed by atoms with Gasteiger partial charge in [-0.2, -0.15) is 0 Å². The predicted octanol–water partition coefficient (Wildman–Crippen LogP) is 2.33. The Kier molecular flexibility index (Phi) is 4.26. The molecule has 1 heterocycles. The summed E-state index contributed by atoms with van der Waals surface area (Å²) in [6.07, 6.45) is 0. The van der Waals surface area contributed by atoms with Gasteiger partial charge in [-0.3, -0.25) is 0 Å². The van der Waals surface area contributed by atoms with Crippen LogP contribution in [0.25, 0.3) is 0 Å². The number of esters is 1. The summed E-state index contributed by atoms with van der Waals surface area (Å²) in [5.74, 6) is -0.919. The first-order chi connectivity index (χ1) is 9.95. The van der Waals surface area contributed by atoms with Crippen LogP contribution in [0.3, 0.4) is 0 Å². The minimum atomic E-state index is -0.728. The van der Waals surface area contributed by atoms with Crippen molar-refractivity contribution in [1.82, 2.24) is 10.6 Å². The largest absolute Gasteiger partial charge is 0.463 e. The highest BCUT2D eigenvalue weighted by Gasteiger charge is 2.33. The standard InChI is InChI=1S/C15H17FN2O3/c1-4-21-14(19)12-9(3)17-15(20)18-13(12)10-6-5-7-11(16)8(10)2/h5-7,13H,4H2,1-3H3,(H2,17,18,20)/t13-/m0/s1. The first-order valence-corrected chi connectivity index (χ1v) is 6.66. The molecule has 112 valence electrons. The molecule has 0 fully saturated rings. The van der Waals surface area contributed by atoms with E-state index in [0.29, 0.717) is 16.8 Å². The van der Waals surface area contributed by atoms with Crippen LogP contribution in [-0.2, 0) is 9.53 Å². The molecule has 6 heteroatoms. The van der Waals surface area contributed by atoms with Crippen molar-refractivity contribution in [1.29, 1.82) is 0 Å². The quantitative estimate of drug-likeness (QED) is 0.840. The molecule has 0 aromatic heterocycles. The van der Waals surface area contributed by atoms with Gasteiger partial charge in [0.15, 0.2) is 0 Å². The maximum atomic E-state index is 13.7. The van der Waals surface area contributed by atoms with Gasteiger partial charge in [-0.25, -0.2) is 14.0 Å². The highest BCUT2D eigenvalue weighted by atomic mass is 19.1. The summed E-state index contributed by atoms with van der Waals surface area (Å²) < 4.78 is 18.8. The molecule has 2 N–H and O–H groups in total. The van der Waals surface area contributed by atoms with Crippen molar-refractivity contribution in [2.24, 2.45) is 0 Å². The van der Waals surface area contributed by atoms with E-state index in [-0.39, 0.29) is 18.0 Å². The summed E-state index contributed by atoms with van der Waals surface area (Å²) in [5.41, 5.74) is 1.61. The maximum Gasteiger partial charge on any atom is 0.338 e. The van der Waals surface area contributed by atoms with Crippen LogP contribution in [0, 0.1) is 12.7 Å². The Labute approximate surface area is 122 Å². The van der Waals surface area contributed by atoms with E-state index < -0.39 is 18.0 Å². The van der Waals surface area contributed by atoms with Crippen LogP contribution in [-0.4, -0.2) is 18.6 Å². The molecule has 0 unspecified atom stereocenters. The van der Waals surface area contributed by atoms with Gasteiger partial charge in [-0.05, 0) is 38.0 Å². The Bertz CT molecular complexity index is 625. The van der Waals surface area contributed by atoms with Crippen LogP contribution in [0.5, 0.6) is 0 Å². The zero-order valence-corrected chi connectivity index (χ0v) is 12.1. The van der Waals surface area contributed by atoms with E-state index in [1.807, 2.05) is 0 Å². The molecule has 21 heavy (non-hydrogen) atoms. The number of amides is 2. The zero-order chi connectivity index (χ0) is 15.6. The van der Waals surface area contributed by atoms with E-state index in [4.69, 9.17) is 4.74 Å². The molecule has 0 radical (unpaired) electrons. The molecule has 2 amide bonds. The summed E-state index contributed by atoms with van der Waals surface area (Å²) in [6.45, 7) is 5.15. The van der Waals surface area contributed by atoms with E-state index in [1.54, 1.807) is 32.9 Å². The van der Waals surface area contributed by atoms with Crippen LogP contribution >= 0.6 is 0 Å². The van der Waals surface area contributed by atoms with Crippen molar-refractivity contribution in [2.75, 3.05) is 6.61 Å². The Morgan fingerprint density at radius 1 is 1.38 bits per heavy atom. The third-order valence-electron chi connectivity index (χ3n) is 3.39. The number of carbonyl (C=O) groups is 2.